The van der Waals surface area contributed by atoms with E-state index in [0.717, 1.165) is 12.8 Å². The molecule has 1 saturated carbocycles. The van der Waals surface area contributed by atoms with E-state index in [2.05, 4.69) is 34.6 Å². The normalized spacial score (nSPS) is 51.9. The summed E-state index contributed by atoms with van der Waals surface area (Å²) in [5, 5.41) is 33.5. The standard InChI is InChI=1S/C35H64O10/c1-13-23-26(19(7)32(38)43-31-25(15-3)40-21(9)18(6)29(31)39-12)35(23,11)45-34-20(8)28(37)30(24(14-2)42-34)44-33-17(5)16(4)27(36)22(10)41-33/h16-34,36-38H,13-15H2,1-12H3/t16?,17?,18?,19?,20?,21-,22?,23-,24?,25?,26-,27+,28-,29?,30-,31-,32+,33+,34+,35?/m1/s1. The Morgan fingerprint density at radius 1 is 0.711 bits per heavy atom. The third-order valence-corrected chi connectivity index (χ3v) is 12.2. The molecule has 10 nitrogen and oxygen atoms in total. The van der Waals surface area contributed by atoms with Crippen molar-refractivity contribution in [2.24, 2.45) is 41.4 Å². The van der Waals surface area contributed by atoms with Crippen LogP contribution in [0.25, 0.3) is 0 Å². The molecule has 10 unspecified atom stereocenters. The molecule has 264 valence electrons. The van der Waals surface area contributed by atoms with Crippen LogP contribution in [0.3, 0.4) is 0 Å². The zero-order valence-electron chi connectivity index (χ0n) is 29.8. The van der Waals surface area contributed by atoms with Gasteiger partial charge in [0.05, 0.1) is 48.3 Å². The van der Waals surface area contributed by atoms with E-state index in [0.29, 0.717) is 6.42 Å². The third kappa shape index (κ3) is 7.17. The van der Waals surface area contributed by atoms with Gasteiger partial charge < -0.3 is 48.5 Å². The molecule has 0 aromatic carbocycles. The number of aliphatic hydroxyl groups is 3. The Morgan fingerprint density at radius 3 is 1.91 bits per heavy atom. The summed E-state index contributed by atoms with van der Waals surface area (Å²) >= 11 is 0. The zero-order chi connectivity index (χ0) is 33.5. The van der Waals surface area contributed by atoms with E-state index < -0.39 is 48.9 Å². The van der Waals surface area contributed by atoms with Gasteiger partial charge in [-0.2, -0.15) is 0 Å². The first kappa shape index (κ1) is 37.4. The Morgan fingerprint density at radius 2 is 1.33 bits per heavy atom. The molecule has 0 aromatic rings. The van der Waals surface area contributed by atoms with Crippen LogP contribution in [0, 0.1) is 41.4 Å². The monoisotopic (exact) mass is 644 g/mol. The SMILES string of the molecule is CCC1O[C@H](C)C(C)C(OC)[C@@H]1O[C@H](O)C(C)[C@@H]1[C@@H](CC)C1(C)O[C@@H]1OC(CC)[C@@H](O[C@@H]2OC(C)[C@@H](O)C(C)C2C)[C@H](O)C1C. The van der Waals surface area contributed by atoms with E-state index in [1.165, 1.54) is 0 Å². The van der Waals surface area contributed by atoms with Gasteiger partial charge in [0.15, 0.2) is 18.9 Å². The number of hydrogen-bond donors (Lipinski definition) is 3. The lowest BCUT2D eigenvalue weighted by atomic mass is 9.84. The fraction of sp³-hybridized carbons (Fsp3) is 1.00. The van der Waals surface area contributed by atoms with Crippen LogP contribution < -0.4 is 0 Å². The molecule has 45 heavy (non-hydrogen) atoms. The molecule has 3 heterocycles. The highest BCUT2D eigenvalue weighted by Gasteiger charge is 2.66. The van der Waals surface area contributed by atoms with Crippen molar-refractivity contribution in [3.8, 4) is 0 Å². The van der Waals surface area contributed by atoms with Crippen LogP contribution in [0.2, 0.25) is 0 Å². The molecule has 1 aliphatic carbocycles. The van der Waals surface area contributed by atoms with Crippen molar-refractivity contribution in [1.82, 2.24) is 0 Å². The molecule has 0 aromatic heterocycles. The van der Waals surface area contributed by atoms with Gasteiger partial charge in [-0.15, -0.1) is 0 Å². The van der Waals surface area contributed by atoms with E-state index >= 15 is 0 Å². The first-order valence-electron chi connectivity index (χ1n) is 17.7. The highest BCUT2D eigenvalue weighted by molar-refractivity contribution is 5.13. The molecule has 3 saturated heterocycles. The van der Waals surface area contributed by atoms with Gasteiger partial charge in [-0.3, -0.25) is 0 Å². The van der Waals surface area contributed by atoms with Crippen molar-refractivity contribution in [2.45, 2.75) is 175 Å². The van der Waals surface area contributed by atoms with Gasteiger partial charge in [0, 0.05) is 36.7 Å². The zero-order valence-corrected chi connectivity index (χ0v) is 29.8. The van der Waals surface area contributed by atoms with E-state index in [9.17, 15) is 15.3 Å². The highest BCUT2D eigenvalue weighted by atomic mass is 16.7. The molecule has 0 amide bonds. The second-order valence-corrected chi connectivity index (χ2v) is 14.9. The Balaban J connectivity index is 1.43. The predicted octanol–water partition coefficient (Wildman–Crippen LogP) is 4.50. The van der Waals surface area contributed by atoms with Crippen LogP contribution in [0.15, 0.2) is 0 Å². The number of hydrogen-bond acceptors (Lipinski definition) is 10. The van der Waals surface area contributed by atoms with E-state index in [1.54, 1.807) is 7.11 Å². The quantitative estimate of drug-likeness (QED) is 0.262. The molecule has 4 rings (SSSR count). The summed E-state index contributed by atoms with van der Waals surface area (Å²) in [6, 6.07) is 0. The number of ether oxygens (including phenoxy) is 7. The van der Waals surface area contributed by atoms with Crippen LogP contribution in [-0.4, -0.2) is 102 Å². The maximum atomic E-state index is 11.6. The van der Waals surface area contributed by atoms with Gasteiger partial charge in [-0.25, -0.2) is 0 Å². The Kier molecular flexibility index (Phi) is 12.5. The predicted molar refractivity (Wildman–Crippen MR) is 169 cm³/mol. The van der Waals surface area contributed by atoms with Crippen LogP contribution in [-0.2, 0) is 33.2 Å². The summed E-state index contributed by atoms with van der Waals surface area (Å²) in [6.07, 6.45) is -3.35. The summed E-state index contributed by atoms with van der Waals surface area (Å²) in [4.78, 5) is 0. The molecule has 0 radical (unpaired) electrons. The first-order chi connectivity index (χ1) is 21.2. The van der Waals surface area contributed by atoms with Gasteiger partial charge in [0.2, 0.25) is 0 Å². The summed E-state index contributed by atoms with van der Waals surface area (Å²) in [6.45, 7) is 22.3. The minimum absolute atomic E-state index is 0.00104. The summed E-state index contributed by atoms with van der Waals surface area (Å²) in [7, 11) is 1.70. The Hall–Kier alpha value is -0.400. The maximum Gasteiger partial charge on any atom is 0.163 e. The van der Waals surface area contributed by atoms with Crippen LogP contribution >= 0.6 is 0 Å². The van der Waals surface area contributed by atoms with Gasteiger partial charge in [0.25, 0.3) is 0 Å². The minimum atomic E-state index is -1.02. The molecule has 0 bridgehead atoms. The largest absolute Gasteiger partial charge is 0.390 e. The second-order valence-electron chi connectivity index (χ2n) is 14.9. The van der Waals surface area contributed by atoms with E-state index in [1.807, 2.05) is 41.5 Å². The molecule has 4 fully saturated rings. The van der Waals surface area contributed by atoms with Crippen LogP contribution in [0.4, 0.5) is 0 Å². The summed E-state index contributed by atoms with van der Waals surface area (Å²) < 4.78 is 44.3. The molecule has 20 atom stereocenters. The van der Waals surface area contributed by atoms with Crippen molar-refractivity contribution in [3.05, 3.63) is 0 Å². The van der Waals surface area contributed by atoms with Crippen molar-refractivity contribution in [2.75, 3.05) is 7.11 Å². The average molecular weight is 645 g/mol. The maximum absolute atomic E-state index is 11.6. The summed E-state index contributed by atoms with van der Waals surface area (Å²) in [5.41, 5.74) is -0.555. The molecule has 3 aliphatic heterocycles. The number of aliphatic hydroxyl groups excluding tert-OH is 3. The lowest BCUT2D eigenvalue weighted by Crippen LogP contribution is -2.59. The van der Waals surface area contributed by atoms with E-state index in [-0.39, 0.29) is 71.9 Å². The van der Waals surface area contributed by atoms with Crippen molar-refractivity contribution in [3.63, 3.8) is 0 Å². The van der Waals surface area contributed by atoms with Gasteiger partial charge in [-0.05, 0) is 45.4 Å². The van der Waals surface area contributed by atoms with Crippen LogP contribution in [0.5, 0.6) is 0 Å². The van der Waals surface area contributed by atoms with E-state index in [4.69, 9.17) is 33.2 Å². The lowest BCUT2D eigenvalue weighted by molar-refractivity contribution is -0.342. The fourth-order valence-electron chi connectivity index (χ4n) is 8.53. The van der Waals surface area contributed by atoms with Crippen molar-refractivity contribution in [1.29, 1.82) is 0 Å². The molecule has 3 N–H and O–H groups in total. The molecular weight excluding hydrogens is 580 g/mol. The fourth-order valence-corrected chi connectivity index (χ4v) is 8.53. The first-order valence-corrected chi connectivity index (χ1v) is 17.7. The lowest BCUT2D eigenvalue weighted by Gasteiger charge is -2.48. The third-order valence-electron chi connectivity index (χ3n) is 12.2. The molecule has 0 spiro atoms. The second kappa shape index (κ2) is 15.0. The van der Waals surface area contributed by atoms with Gasteiger partial charge >= 0.3 is 0 Å². The van der Waals surface area contributed by atoms with Crippen LogP contribution in [0.1, 0.15) is 95.4 Å². The smallest absolute Gasteiger partial charge is 0.163 e. The van der Waals surface area contributed by atoms with Crippen molar-refractivity contribution < 1.29 is 48.5 Å². The Labute approximate surface area is 271 Å². The molecular formula is C35H64O10. The van der Waals surface area contributed by atoms with Crippen molar-refractivity contribution >= 4 is 0 Å². The van der Waals surface area contributed by atoms with Gasteiger partial charge in [-0.1, -0.05) is 61.8 Å². The topological polar surface area (TPSA) is 125 Å². The average Bonchev–Trinajstić information content (AvgIpc) is 3.62. The van der Waals surface area contributed by atoms with Gasteiger partial charge in [0.1, 0.15) is 12.2 Å². The summed E-state index contributed by atoms with van der Waals surface area (Å²) in [5.74, 6) is -0.261. The molecule has 4 aliphatic rings. The highest BCUT2D eigenvalue weighted by Crippen LogP contribution is 2.61. The Bertz CT molecular complexity index is 936. The number of methoxy groups -OCH3 is 1. The molecule has 10 heteroatoms. The number of rotatable bonds is 12. The minimum Gasteiger partial charge on any atom is -0.390 e.